The highest BCUT2D eigenvalue weighted by atomic mass is 35.5. The Bertz CT molecular complexity index is 522. The summed E-state index contributed by atoms with van der Waals surface area (Å²) in [5.74, 6) is 2.26. The Morgan fingerprint density at radius 3 is 2.78 bits per heavy atom. The number of rotatable bonds is 6. The number of imidazole rings is 1. The molecule has 98 valence electrons. The molecule has 0 radical (unpaired) electrons. The van der Waals surface area contributed by atoms with Crippen LogP contribution in [0.1, 0.15) is 32.5 Å². The van der Waals surface area contributed by atoms with Crippen molar-refractivity contribution in [2.75, 3.05) is 6.61 Å². The van der Waals surface area contributed by atoms with Crippen molar-refractivity contribution in [2.45, 2.75) is 39.1 Å². The van der Waals surface area contributed by atoms with E-state index in [4.69, 9.17) is 16.3 Å². The molecule has 0 N–H and O–H groups in total. The summed E-state index contributed by atoms with van der Waals surface area (Å²) in [6.45, 7) is 5.94. The smallest absolute Gasteiger partial charge is 0.124 e. The molecule has 0 aliphatic rings. The number of alkyl halides is 1. The van der Waals surface area contributed by atoms with E-state index in [2.05, 4.69) is 29.5 Å². The van der Waals surface area contributed by atoms with Gasteiger partial charge < -0.3 is 9.30 Å². The van der Waals surface area contributed by atoms with Crippen LogP contribution >= 0.6 is 11.6 Å². The number of hydrogen-bond donors (Lipinski definition) is 0. The SMILES string of the molecule is CCCOc1ccc2c(c1)nc(CCl)n2CCC. The molecule has 4 heteroatoms. The third-order valence-electron chi connectivity index (χ3n) is 2.84. The number of aryl methyl sites for hydroxylation is 1. The van der Waals surface area contributed by atoms with Gasteiger partial charge in [-0.3, -0.25) is 0 Å². The van der Waals surface area contributed by atoms with Crippen LogP contribution in [-0.4, -0.2) is 16.2 Å². The maximum Gasteiger partial charge on any atom is 0.124 e. The molecule has 1 aromatic carbocycles. The van der Waals surface area contributed by atoms with Crippen LogP contribution in [0.2, 0.25) is 0 Å². The normalized spacial score (nSPS) is 11.1. The maximum atomic E-state index is 5.95. The van der Waals surface area contributed by atoms with E-state index in [0.717, 1.165) is 48.6 Å². The van der Waals surface area contributed by atoms with E-state index in [1.807, 2.05) is 12.1 Å². The van der Waals surface area contributed by atoms with Crippen molar-refractivity contribution in [3.63, 3.8) is 0 Å². The molecule has 2 aromatic rings. The lowest BCUT2D eigenvalue weighted by Crippen LogP contribution is -2.01. The highest BCUT2D eigenvalue weighted by Crippen LogP contribution is 2.23. The van der Waals surface area contributed by atoms with Crippen molar-refractivity contribution in [3.8, 4) is 5.75 Å². The van der Waals surface area contributed by atoms with Crippen LogP contribution < -0.4 is 4.74 Å². The van der Waals surface area contributed by atoms with E-state index in [1.54, 1.807) is 0 Å². The average Bonchev–Trinajstić information content (AvgIpc) is 2.74. The highest BCUT2D eigenvalue weighted by molar-refractivity contribution is 6.16. The van der Waals surface area contributed by atoms with Gasteiger partial charge in [0.1, 0.15) is 11.6 Å². The van der Waals surface area contributed by atoms with Gasteiger partial charge in [0.2, 0.25) is 0 Å². The van der Waals surface area contributed by atoms with Crippen molar-refractivity contribution >= 4 is 22.6 Å². The van der Waals surface area contributed by atoms with Gasteiger partial charge in [-0.05, 0) is 25.0 Å². The van der Waals surface area contributed by atoms with Crippen molar-refractivity contribution < 1.29 is 4.74 Å². The molecule has 0 saturated carbocycles. The number of aromatic nitrogens is 2. The van der Waals surface area contributed by atoms with Crippen LogP contribution in [0.5, 0.6) is 5.75 Å². The Morgan fingerprint density at radius 2 is 2.11 bits per heavy atom. The summed E-state index contributed by atoms with van der Waals surface area (Å²) < 4.78 is 7.81. The molecule has 1 heterocycles. The van der Waals surface area contributed by atoms with E-state index >= 15 is 0 Å². The molecule has 0 amide bonds. The van der Waals surface area contributed by atoms with E-state index in [9.17, 15) is 0 Å². The van der Waals surface area contributed by atoms with Crippen LogP contribution in [-0.2, 0) is 12.4 Å². The molecule has 2 rings (SSSR count). The van der Waals surface area contributed by atoms with Gasteiger partial charge in [0, 0.05) is 12.6 Å². The van der Waals surface area contributed by atoms with Gasteiger partial charge >= 0.3 is 0 Å². The predicted molar refractivity (Wildman–Crippen MR) is 75.4 cm³/mol. The molecule has 0 spiro atoms. The first-order chi connectivity index (χ1) is 8.80. The van der Waals surface area contributed by atoms with Gasteiger partial charge in [0.05, 0.1) is 23.5 Å². The molecule has 0 fully saturated rings. The summed E-state index contributed by atoms with van der Waals surface area (Å²) >= 11 is 5.95. The van der Waals surface area contributed by atoms with Gasteiger partial charge in [0.25, 0.3) is 0 Å². The molecule has 0 saturated heterocycles. The zero-order chi connectivity index (χ0) is 13.0. The molecular formula is C14H19ClN2O. The largest absolute Gasteiger partial charge is 0.494 e. The van der Waals surface area contributed by atoms with Crippen molar-refractivity contribution in [1.82, 2.24) is 9.55 Å². The first kappa shape index (κ1) is 13.2. The van der Waals surface area contributed by atoms with Gasteiger partial charge in [-0.2, -0.15) is 0 Å². The van der Waals surface area contributed by atoms with Crippen LogP contribution in [0.3, 0.4) is 0 Å². The summed E-state index contributed by atoms with van der Waals surface area (Å²) in [5.41, 5.74) is 2.10. The number of halogens is 1. The molecule has 0 atom stereocenters. The monoisotopic (exact) mass is 266 g/mol. The van der Waals surface area contributed by atoms with Crippen LogP contribution in [0.4, 0.5) is 0 Å². The fourth-order valence-corrected chi connectivity index (χ4v) is 2.25. The van der Waals surface area contributed by atoms with Gasteiger partial charge in [-0.25, -0.2) is 4.98 Å². The van der Waals surface area contributed by atoms with Gasteiger partial charge in [-0.1, -0.05) is 13.8 Å². The molecule has 0 aliphatic carbocycles. The fourth-order valence-electron chi connectivity index (χ4n) is 2.04. The Labute approximate surface area is 113 Å². The van der Waals surface area contributed by atoms with E-state index in [0.29, 0.717) is 5.88 Å². The molecule has 3 nitrogen and oxygen atoms in total. The maximum absolute atomic E-state index is 5.95. The first-order valence-corrected chi connectivity index (χ1v) is 7.01. The Kier molecular flexibility index (Phi) is 4.48. The van der Waals surface area contributed by atoms with Crippen LogP contribution in [0.15, 0.2) is 18.2 Å². The Hall–Kier alpha value is -1.22. The minimum atomic E-state index is 0.444. The number of hydrogen-bond acceptors (Lipinski definition) is 2. The standard InChI is InChI=1S/C14H19ClN2O/c1-3-7-17-13-6-5-11(18-8-4-2)9-12(13)16-14(17)10-15/h5-6,9H,3-4,7-8,10H2,1-2H3. The summed E-state index contributed by atoms with van der Waals surface area (Å²) in [6, 6.07) is 6.07. The van der Waals surface area contributed by atoms with E-state index in [1.165, 1.54) is 0 Å². The lowest BCUT2D eigenvalue weighted by molar-refractivity contribution is 0.318. The number of ether oxygens (including phenoxy) is 1. The van der Waals surface area contributed by atoms with E-state index < -0.39 is 0 Å². The lowest BCUT2D eigenvalue weighted by Gasteiger charge is -2.06. The molecule has 0 unspecified atom stereocenters. The third kappa shape index (κ3) is 2.61. The second-order valence-electron chi connectivity index (χ2n) is 4.31. The summed E-state index contributed by atoms with van der Waals surface area (Å²) in [5, 5.41) is 0. The van der Waals surface area contributed by atoms with Crippen molar-refractivity contribution in [1.29, 1.82) is 0 Å². The second-order valence-corrected chi connectivity index (χ2v) is 4.58. The van der Waals surface area contributed by atoms with E-state index in [-0.39, 0.29) is 0 Å². The summed E-state index contributed by atoms with van der Waals surface area (Å²) in [7, 11) is 0. The number of benzene rings is 1. The van der Waals surface area contributed by atoms with Crippen LogP contribution in [0, 0.1) is 0 Å². The number of fused-ring (bicyclic) bond motifs is 1. The summed E-state index contributed by atoms with van der Waals surface area (Å²) in [6.07, 6.45) is 2.08. The average molecular weight is 267 g/mol. The Morgan fingerprint density at radius 1 is 1.28 bits per heavy atom. The first-order valence-electron chi connectivity index (χ1n) is 6.48. The van der Waals surface area contributed by atoms with Crippen molar-refractivity contribution in [3.05, 3.63) is 24.0 Å². The quantitative estimate of drug-likeness (QED) is 0.740. The Balaban J connectivity index is 2.38. The van der Waals surface area contributed by atoms with Crippen molar-refractivity contribution in [2.24, 2.45) is 0 Å². The highest BCUT2D eigenvalue weighted by Gasteiger charge is 2.09. The predicted octanol–water partition coefficient (Wildman–Crippen LogP) is 3.97. The number of nitrogens with zero attached hydrogens (tertiary/aromatic N) is 2. The minimum Gasteiger partial charge on any atom is -0.494 e. The topological polar surface area (TPSA) is 27.1 Å². The fraction of sp³-hybridized carbons (Fsp3) is 0.500. The zero-order valence-corrected chi connectivity index (χ0v) is 11.7. The van der Waals surface area contributed by atoms with Crippen LogP contribution in [0.25, 0.3) is 11.0 Å². The van der Waals surface area contributed by atoms with Gasteiger partial charge in [-0.15, -0.1) is 11.6 Å². The minimum absolute atomic E-state index is 0.444. The zero-order valence-electron chi connectivity index (χ0n) is 10.9. The second kappa shape index (κ2) is 6.10. The summed E-state index contributed by atoms with van der Waals surface area (Å²) in [4.78, 5) is 4.57. The molecule has 0 bridgehead atoms. The molecule has 18 heavy (non-hydrogen) atoms. The molecular weight excluding hydrogens is 248 g/mol. The lowest BCUT2D eigenvalue weighted by atomic mass is 10.3. The molecule has 1 aromatic heterocycles. The molecule has 0 aliphatic heterocycles. The van der Waals surface area contributed by atoms with Gasteiger partial charge in [0.15, 0.2) is 0 Å². The third-order valence-corrected chi connectivity index (χ3v) is 3.08.